The largest absolute Gasteiger partial charge is 0.330 e. The van der Waals surface area contributed by atoms with Crippen molar-refractivity contribution in [2.75, 3.05) is 6.54 Å². The number of hydrogen-bond donors (Lipinski definition) is 1. The molecule has 1 saturated carbocycles. The summed E-state index contributed by atoms with van der Waals surface area (Å²) in [5, 5.41) is 4.23. The summed E-state index contributed by atoms with van der Waals surface area (Å²) in [4.78, 5) is 0. The minimum Gasteiger partial charge on any atom is -0.330 e. The van der Waals surface area contributed by atoms with Crippen molar-refractivity contribution in [2.45, 2.75) is 51.4 Å². The summed E-state index contributed by atoms with van der Waals surface area (Å²) < 4.78 is 1.89. The Morgan fingerprint density at radius 3 is 2.53 bits per heavy atom. The normalized spacial score (nSPS) is 20.1. The maximum atomic E-state index is 6.06. The standard InChI is InChI=1S/C14H25N3/c1-17-11-13(10-16-17)6-9-14(12-15)7-4-2-3-5-8-14/h10-11H,2-9,12,15H2,1H3. The minimum absolute atomic E-state index is 0.409. The second-order valence-electron chi connectivity index (χ2n) is 5.64. The molecule has 0 bridgehead atoms. The van der Waals surface area contributed by atoms with Gasteiger partial charge in [0.15, 0.2) is 0 Å². The first-order valence-corrected chi connectivity index (χ1v) is 6.92. The molecule has 0 radical (unpaired) electrons. The van der Waals surface area contributed by atoms with Crippen molar-refractivity contribution >= 4 is 0 Å². The maximum Gasteiger partial charge on any atom is 0.0521 e. The summed E-state index contributed by atoms with van der Waals surface area (Å²) >= 11 is 0. The fourth-order valence-electron chi connectivity index (χ4n) is 3.05. The van der Waals surface area contributed by atoms with Crippen molar-refractivity contribution in [1.29, 1.82) is 0 Å². The van der Waals surface area contributed by atoms with Gasteiger partial charge in [-0.1, -0.05) is 25.7 Å². The Bertz CT molecular complexity index is 335. The number of rotatable bonds is 4. The number of nitrogens with two attached hydrogens (primary N) is 1. The molecule has 17 heavy (non-hydrogen) atoms. The first kappa shape index (κ1) is 12.6. The van der Waals surface area contributed by atoms with E-state index in [2.05, 4.69) is 11.3 Å². The van der Waals surface area contributed by atoms with E-state index in [-0.39, 0.29) is 0 Å². The highest BCUT2D eigenvalue weighted by Gasteiger charge is 2.29. The molecule has 1 fully saturated rings. The van der Waals surface area contributed by atoms with E-state index in [1.54, 1.807) is 0 Å². The Morgan fingerprint density at radius 1 is 1.29 bits per heavy atom. The van der Waals surface area contributed by atoms with E-state index in [9.17, 15) is 0 Å². The summed E-state index contributed by atoms with van der Waals surface area (Å²) in [6.45, 7) is 0.854. The monoisotopic (exact) mass is 235 g/mol. The summed E-state index contributed by atoms with van der Waals surface area (Å²) in [5.74, 6) is 0. The highest BCUT2D eigenvalue weighted by atomic mass is 15.2. The highest BCUT2D eigenvalue weighted by Crippen LogP contribution is 2.38. The number of hydrogen-bond acceptors (Lipinski definition) is 2. The summed E-state index contributed by atoms with van der Waals surface area (Å²) in [6, 6.07) is 0. The van der Waals surface area contributed by atoms with Crippen molar-refractivity contribution in [2.24, 2.45) is 18.2 Å². The minimum atomic E-state index is 0.409. The van der Waals surface area contributed by atoms with Crippen molar-refractivity contribution in [3.8, 4) is 0 Å². The fourth-order valence-corrected chi connectivity index (χ4v) is 3.05. The van der Waals surface area contributed by atoms with Gasteiger partial charge in [0.05, 0.1) is 6.20 Å². The van der Waals surface area contributed by atoms with Crippen LogP contribution in [0.5, 0.6) is 0 Å². The average molecular weight is 235 g/mol. The van der Waals surface area contributed by atoms with Crippen molar-refractivity contribution in [3.63, 3.8) is 0 Å². The molecule has 1 heterocycles. The molecule has 0 amide bonds. The lowest BCUT2D eigenvalue weighted by atomic mass is 9.76. The molecule has 3 nitrogen and oxygen atoms in total. The van der Waals surface area contributed by atoms with E-state index in [1.807, 2.05) is 17.9 Å². The van der Waals surface area contributed by atoms with Gasteiger partial charge in [-0.25, -0.2) is 0 Å². The molecule has 96 valence electrons. The average Bonchev–Trinajstić information content (AvgIpc) is 2.63. The molecule has 2 rings (SSSR count). The van der Waals surface area contributed by atoms with E-state index < -0.39 is 0 Å². The second-order valence-corrected chi connectivity index (χ2v) is 5.64. The zero-order chi connectivity index (χ0) is 12.1. The molecule has 0 atom stereocenters. The van der Waals surface area contributed by atoms with E-state index >= 15 is 0 Å². The molecular weight excluding hydrogens is 210 g/mol. The van der Waals surface area contributed by atoms with Crippen LogP contribution in [0.2, 0.25) is 0 Å². The lowest BCUT2D eigenvalue weighted by Gasteiger charge is -2.31. The van der Waals surface area contributed by atoms with Crippen LogP contribution < -0.4 is 5.73 Å². The molecule has 0 aromatic carbocycles. The Labute approximate surface area is 104 Å². The van der Waals surface area contributed by atoms with Crippen LogP contribution in [0.4, 0.5) is 0 Å². The smallest absolute Gasteiger partial charge is 0.0521 e. The van der Waals surface area contributed by atoms with Crippen LogP contribution in [-0.4, -0.2) is 16.3 Å². The highest BCUT2D eigenvalue weighted by molar-refractivity contribution is 5.04. The number of aromatic nitrogens is 2. The van der Waals surface area contributed by atoms with Crippen LogP contribution in [-0.2, 0) is 13.5 Å². The molecule has 0 unspecified atom stereocenters. The van der Waals surface area contributed by atoms with Crippen molar-refractivity contribution in [3.05, 3.63) is 18.0 Å². The quantitative estimate of drug-likeness (QED) is 0.815. The van der Waals surface area contributed by atoms with Gasteiger partial charge in [0.2, 0.25) is 0 Å². The van der Waals surface area contributed by atoms with E-state index in [4.69, 9.17) is 5.73 Å². The first-order chi connectivity index (χ1) is 8.24. The van der Waals surface area contributed by atoms with Crippen LogP contribution in [0.1, 0.15) is 50.5 Å². The van der Waals surface area contributed by atoms with Crippen molar-refractivity contribution in [1.82, 2.24) is 9.78 Å². The van der Waals surface area contributed by atoms with Crippen molar-refractivity contribution < 1.29 is 0 Å². The van der Waals surface area contributed by atoms with Crippen LogP contribution in [0, 0.1) is 5.41 Å². The lowest BCUT2D eigenvalue weighted by molar-refractivity contribution is 0.233. The summed E-state index contributed by atoms with van der Waals surface area (Å²) in [5.41, 5.74) is 7.82. The number of nitrogens with zero attached hydrogens (tertiary/aromatic N) is 2. The predicted molar refractivity (Wildman–Crippen MR) is 70.7 cm³/mol. The Hall–Kier alpha value is -0.830. The Kier molecular flexibility index (Phi) is 4.21. The molecule has 1 aromatic heterocycles. The van der Waals surface area contributed by atoms with Crippen LogP contribution in [0.15, 0.2) is 12.4 Å². The van der Waals surface area contributed by atoms with Gasteiger partial charge in [0.25, 0.3) is 0 Å². The summed E-state index contributed by atoms with van der Waals surface area (Å²) in [6.07, 6.45) is 14.6. The van der Waals surface area contributed by atoms with Crippen LogP contribution in [0.3, 0.4) is 0 Å². The summed E-state index contributed by atoms with van der Waals surface area (Å²) in [7, 11) is 1.98. The molecular formula is C14H25N3. The van der Waals surface area contributed by atoms with Gasteiger partial charge in [-0.15, -0.1) is 0 Å². The maximum absolute atomic E-state index is 6.06. The molecule has 0 saturated heterocycles. The third-order valence-electron chi connectivity index (χ3n) is 4.30. The van der Waals surface area contributed by atoms with E-state index in [0.717, 1.165) is 13.0 Å². The van der Waals surface area contributed by atoms with Crippen LogP contribution >= 0.6 is 0 Å². The second kappa shape index (κ2) is 5.67. The molecule has 3 heteroatoms. The third-order valence-corrected chi connectivity index (χ3v) is 4.30. The van der Waals surface area contributed by atoms with E-state index in [0.29, 0.717) is 5.41 Å². The van der Waals surface area contributed by atoms with Gasteiger partial charge < -0.3 is 5.73 Å². The lowest BCUT2D eigenvalue weighted by Crippen LogP contribution is -2.30. The zero-order valence-corrected chi connectivity index (χ0v) is 11.0. The molecule has 2 N–H and O–H groups in total. The SMILES string of the molecule is Cn1cc(CCC2(CN)CCCCCC2)cn1. The first-order valence-electron chi connectivity index (χ1n) is 6.92. The molecule has 0 aliphatic heterocycles. The van der Waals surface area contributed by atoms with Gasteiger partial charge in [0.1, 0.15) is 0 Å². The van der Waals surface area contributed by atoms with Gasteiger partial charge in [-0.2, -0.15) is 5.10 Å². The molecule has 1 aliphatic carbocycles. The molecule has 1 aromatic rings. The van der Waals surface area contributed by atoms with E-state index in [1.165, 1.54) is 50.5 Å². The Morgan fingerprint density at radius 2 is 2.00 bits per heavy atom. The zero-order valence-electron chi connectivity index (χ0n) is 11.0. The number of aryl methyl sites for hydroxylation is 2. The molecule has 0 spiro atoms. The van der Waals surface area contributed by atoms with Gasteiger partial charge in [-0.3, -0.25) is 4.68 Å². The predicted octanol–water partition coefficient (Wildman–Crippen LogP) is 2.65. The van der Waals surface area contributed by atoms with Gasteiger partial charge in [0, 0.05) is 13.2 Å². The topological polar surface area (TPSA) is 43.8 Å². The van der Waals surface area contributed by atoms with Crippen LogP contribution in [0.25, 0.3) is 0 Å². The van der Waals surface area contributed by atoms with Gasteiger partial charge in [-0.05, 0) is 43.2 Å². The van der Waals surface area contributed by atoms with Gasteiger partial charge >= 0.3 is 0 Å². The Balaban J connectivity index is 1.93. The third kappa shape index (κ3) is 3.32. The fraction of sp³-hybridized carbons (Fsp3) is 0.786. The molecule has 1 aliphatic rings.